The van der Waals surface area contributed by atoms with Crippen LogP contribution in [0.1, 0.15) is 15.2 Å². The molecule has 1 amide bonds. The van der Waals surface area contributed by atoms with E-state index in [0.29, 0.717) is 25.6 Å². The van der Waals surface area contributed by atoms with Crippen molar-refractivity contribution in [2.75, 3.05) is 5.32 Å². The summed E-state index contributed by atoms with van der Waals surface area (Å²) < 4.78 is 0. The molecule has 6 heteroatoms. The van der Waals surface area contributed by atoms with Crippen LogP contribution in [0, 0.1) is 6.92 Å². The molecule has 1 aromatic heterocycles. The van der Waals surface area contributed by atoms with Crippen molar-refractivity contribution < 1.29 is 4.79 Å². The zero-order valence-electron chi connectivity index (χ0n) is 9.26. The van der Waals surface area contributed by atoms with Gasteiger partial charge >= 0.3 is 0 Å². The average molecular weight is 321 g/mol. The van der Waals surface area contributed by atoms with Crippen molar-refractivity contribution in [3.05, 3.63) is 49.1 Å². The molecule has 94 valence electrons. The monoisotopic (exact) mass is 319 g/mol. The number of hydrogen-bond acceptors (Lipinski definition) is 2. The first-order valence-corrected chi connectivity index (χ1v) is 7.00. The molecule has 0 bridgehead atoms. The van der Waals surface area contributed by atoms with Crippen molar-refractivity contribution >= 4 is 57.7 Å². The third kappa shape index (κ3) is 2.81. The van der Waals surface area contributed by atoms with E-state index in [0.717, 1.165) is 5.56 Å². The zero-order chi connectivity index (χ0) is 13.3. The molecule has 0 aliphatic heterocycles. The molecule has 0 radical (unpaired) electrons. The number of rotatable bonds is 2. The van der Waals surface area contributed by atoms with Crippen LogP contribution < -0.4 is 5.32 Å². The van der Waals surface area contributed by atoms with Gasteiger partial charge < -0.3 is 5.32 Å². The molecule has 0 unspecified atom stereocenters. The highest BCUT2D eigenvalue weighted by molar-refractivity contribution is 7.12. The number of hydrogen-bond donors (Lipinski definition) is 1. The lowest BCUT2D eigenvalue weighted by Gasteiger charge is -2.08. The lowest BCUT2D eigenvalue weighted by molar-refractivity contribution is 0.103. The van der Waals surface area contributed by atoms with Crippen LogP contribution in [0.3, 0.4) is 0 Å². The minimum absolute atomic E-state index is 0.206. The number of benzene rings is 1. The second kappa shape index (κ2) is 5.49. The first-order valence-electron chi connectivity index (χ1n) is 4.99. The molecule has 0 atom stereocenters. The maximum Gasteiger partial charge on any atom is 0.266 e. The van der Waals surface area contributed by atoms with E-state index in [1.807, 2.05) is 18.4 Å². The average Bonchev–Trinajstić information content (AvgIpc) is 2.72. The zero-order valence-corrected chi connectivity index (χ0v) is 12.3. The first-order chi connectivity index (χ1) is 8.49. The predicted molar refractivity (Wildman–Crippen MR) is 78.5 cm³/mol. The van der Waals surface area contributed by atoms with Crippen LogP contribution in [0.25, 0.3) is 0 Å². The molecule has 0 aliphatic carbocycles. The van der Waals surface area contributed by atoms with Crippen LogP contribution in [0.5, 0.6) is 0 Å². The number of carbonyl (C=O) groups excluding carboxylic acids is 1. The Labute approximate surface area is 123 Å². The summed E-state index contributed by atoms with van der Waals surface area (Å²) in [7, 11) is 0. The summed E-state index contributed by atoms with van der Waals surface area (Å²) in [4.78, 5) is 12.7. The van der Waals surface area contributed by atoms with Gasteiger partial charge in [0.15, 0.2) is 0 Å². The fraction of sp³-hybridized carbons (Fsp3) is 0.0833. The lowest BCUT2D eigenvalue weighted by atomic mass is 10.2. The smallest absolute Gasteiger partial charge is 0.266 e. The Hall–Kier alpha value is -0.740. The topological polar surface area (TPSA) is 29.1 Å². The van der Waals surface area contributed by atoms with E-state index in [-0.39, 0.29) is 5.91 Å². The number of anilines is 1. The molecule has 1 N–H and O–H groups in total. The number of nitrogens with one attached hydrogen (secondary N) is 1. The normalized spacial score (nSPS) is 10.4. The van der Waals surface area contributed by atoms with Crippen molar-refractivity contribution in [1.82, 2.24) is 0 Å². The molecular formula is C12H8Cl3NOS. The Balaban J connectivity index is 2.28. The summed E-state index contributed by atoms with van der Waals surface area (Å²) in [5.41, 5.74) is 1.37. The van der Waals surface area contributed by atoms with Gasteiger partial charge in [0.25, 0.3) is 5.91 Å². The summed E-state index contributed by atoms with van der Waals surface area (Å²) in [6.07, 6.45) is 0. The van der Waals surface area contributed by atoms with Crippen LogP contribution in [0.2, 0.25) is 15.1 Å². The maximum absolute atomic E-state index is 12.0. The third-order valence-electron chi connectivity index (χ3n) is 2.33. The van der Waals surface area contributed by atoms with E-state index in [2.05, 4.69) is 5.32 Å². The predicted octanol–water partition coefficient (Wildman–Crippen LogP) is 5.27. The van der Waals surface area contributed by atoms with Crippen molar-refractivity contribution in [2.45, 2.75) is 6.92 Å². The van der Waals surface area contributed by atoms with Gasteiger partial charge in [0.2, 0.25) is 0 Å². The SMILES string of the molecule is Cc1ccsc1C(=O)Nc1cc(Cl)c(Cl)cc1Cl. The Morgan fingerprint density at radius 1 is 1.17 bits per heavy atom. The summed E-state index contributed by atoms with van der Waals surface area (Å²) in [6.45, 7) is 1.88. The van der Waals surface area contributed by atoms with Crippen molar-refractivity contribution in [3.63, 3.8) is 0 Å². The summed E-state index contributed by atoms with van der Waals surface area (Å²) >= 11 is 19.1. The summed E-state index contributed by atoms with van der Waals surface area (Å²) in [5.74, 6) is -0.206. The highest BCUT2D eigenvalue weighted by Gasteiger charge is 2.13. The van der Waals surface area contributed by atoms with Crippen molar-refractivity contribution in [1.29, 1.82) is 0 Å². The first kappa shape index (κ1) is 13.7. The van der Waals surface area contributed by atoms with Crippen LogP contribution in [0.15, 0.2) is 23.6 Å². The van der Waals surface area contributed by atoms with Crippen LogP contribution in [-0.2, 0) is 0 Å². The highest BCUT2D eigenvalue weighted by atomic mass is 35.5. The Morgan fingerprint density at radius 3 is 2.44 bits per heavy atom. The van der Waals surface area contributed by atoms with E-state index in [9.17, 15) is 4.79 Å². The molecule has 2 aromatic rings. The van der Waals surface area contributed by atoms with Crippen LogP contribution in [-0.4, -0.2) is 5.91 Å². The van der Waals surface area contributed by atoms with Crippen molar-refractivity contribution in [3.8, 4) is 0 Å². The fourth-order valence-corrected chi connectivity index (χ4v) is 2.82. The van der Waals surface area contributed by atoms with Gasteiger partial charge in [-0.1, -0.05) is 34.8 Å². The highest BCUT2D eigenvalue weighted by Crippen LogP contribution is 2.32. The molecule has 18 heavy (non-hydrogen) atoms. The van der Waals surface area contributed by atoms with Crippen LogP contribution >= 0.6 is 46.1 Å². The van der Waals surface area contributed by atoms with E-state index < -0.39 is 0 Å². The molecule has 0 spiro atoms. The van der Waals surface area contributed by atoms with Gasteiger partial charge in [0, 0.05) is 0 Å². The molecule has 2 nitrogen and oxygen atoms in total. The standard InChI is InChI=1S/C12H8Cl3NOS/c1-6-2-3-18-11(6)12(17)16-10-5-8(14)7(13)4-9(10)15/h2-5H,1H3,(H,16,17). The van der Waals surface area contributed by atoms with Gasteiger partial charge in [-0.05, 0) is 36.1 Å². The Kier molecular flexibility index (Phi) is 4.17. The number of carbonyl (C=O) groups is 1. The summed E-state index contributed by atoms with van der Waals surface area (Å²) in [5, 5.41) is 5.63. The second-order valence-corrected chi connectivity index (χ2v) is 5.77. The molecule has 0 aliphatic rings. The molecule has 2 rings (SSSR count). The fourth-order valence-electron chi connectivity index (χ4n) is 1.40. The van der Waals surface area contributed by atoms with E-state index in [1.54, 1.807) is 0 Å². The Morgan fingerprint density at radius 2 is 1.83 bits per heavy atom. The lowest BCUT2D eigenvalue weighted by Crippen LogP contribution is -2.11. The molecule has 0 saturated carbocycles. The number of halogens is 3. The Bertz CT molecular complexity index is 609. The number of amides is 1. The quantitative estimate of drug-likeness (QED) is 0.750. The summed E-state index contributed by atoms with van der Waals surface area (Å²) in [6, 6.07) is 4.92. The minimum Gasteiger partial charge on any atom is -0.320 e. The number of aryl methyl sites for hydroxylation is 1. The third-order valence-corrected chi connectivity index (χ3v) is 4.38. The maximum atomic E-state index is 12.0. The largest absolute Gasteiger partial charge is 0.320 e. The number of thiophene rings is 1. The molecule has 1 heterocycles. The van der Waals surface area contributed by atoms with Gasteiger partial charge in [0.1, 0.15) is 0 Å². The molecule has 1 aromatic carbocycles. The minimum atomic E-state index is -0.206. The van der Waals surface area contributed by atoms with Crippen molar-refractivity contribution in [2.24, 2.45) is 0 Å². The van der Waals surface area contributed by atoms with Gasteiger partial charge in [-0.15, -0.1) is 11.3 Å². The van der Waals surface area contributed by atoms with Crippen LogP contribution in [0.4, 0.5) is 5.69 Å². The molecule has 0 fully saturated rings. The van der Waals surface area contributed by atoms with E-state index in [4.69, 9.17) is 34.8 Å². The van der Waals surface area contributed by atoms with E-state index in [1.165, 1.54) is 23.5 Å². The van der Waals surface area contributed by atoms with Gasteiger partial charge in [-0.3, -0.25) is 4.79 Å². The molecular weight excluding hydrogens is 313 g/mol. The van der Waals surface area contributed by atoms with Gasteiger partial charge in [-0.2, -0.15) is 0 Å². The van der Waals surface area contributed by atoms with E-state index >= 15 is 0 Å². The molecule has 0 saturated heterocycles. The second-order valence-electron chi connectivity index (χ2n) is 3.63. The van der Waals surface area contributed by atoms with Gasteiger partial charge in [-0.25, -0.2) is 0 Å². The van der Waals surface area contributed by atoms with Gasteiger partial charge in [0.05, 0.1) is 25.6 Å².